The van der Waals surface area contributed by atoms with Crippen molar-refractivity contribution in [3.05, 3.63) is 28.8 Å². The second kappa shape index (κ2) is 4.93. The van der Waals surface area contributed by atoms with Gasteiger partial charge in [0.15, 0.2) is 0 Å². The zero-order chi connectivity index (χ0) is 13.3. The van der Waals surface area contributed by atoms with Gasteiger partial charge in [-0.25, -0.2) is 0 Å². The number of piperidine rings is 1. The molecule has 100 valence electrons. The largest absolute Gasteiger partial charge is 0.508 e. The van der Waals surface area contributed by atoms with Crippen LogP contribution in [0.3, 0.4) is 0 Å². The van der Waals surface area contributed by atoms with E-state index in [1.165, 1.54) is 24.0 Å². The highest BCUT2D eigenvalue weighted by molar-refractivity contribution is 5.46. The van der Waals surface area contributed by atoms with E-state index >= 15 is 0 Å². The van der Waals surface area contributed by atoms with Crippen LogP contribution in [0.25, 0.3) is 0 Å². The summed E-state index contributed by atoms with van der Waals surface area (Å²) in [5.41, 5.74) is 3.71. The van der Waals surface area contributed by atoms with Crippen molar-refractivity contribution in [1.29, 1.82) is 0 Å². The maximum absolute atomic E-state index is 10.3. The molecule has 0 saturated carbocycles. The number of phenolic OH excluding ortho intramolecular Hbond substituents is 1. The summed E-state index contributed by atoms with van der Waals surface area (Å²) in [5.74, 6) is 1.06. The van der Waals surface area contributed by atoms with Gasteiger partial charge < -0.3 is 10.4 Å². The fourth-order valence-electron chi connectivity index (χ4n) is 2.89. The van der Waals surface area contributed by atoms with Gasteiger partial charge in [-0.1, -0.05) is 26.8 Å². The first-order valence-electron chi connectivity index (χ1n) is 6.94. The molecule has 1 aromatic carbocycles. The lowest BCUT2D eigenvalue weighted by atomic mass is 9.81. The number of hydrogen-bond acceptors (Lipinski definition) is 2. The van der Waals surface area contributed by atoms with Crippen LogP contribution in [0.1, 0.15) is 56.2 Å². The van der Waals surface area contributed by atoms with Gasteiger partial charge in [-0.2, -0.15) is 0 Å². The zero-order valence-corrected chi connectivity index (χ0v) is 12.0. The lowest BCUT2D eigenvalue weighted by Gasteiger charge is -2.27. The molecule has 0 aliphatic carbocycles. The Morgan fingerprint density at radius 3 is 2.33 bits per heavy atom. The van der Waals surface area contributed by atoms with Gasteiger partial charge in [0.1, 0.15) is 5.75 Å². The Morgan fingerprint density at radius 1 is 1.17 bits per heavy atom. The second-order valence-electron chi connectivity index (χ2n) is 6.50. The third-order valence-corrected chi connectivity index (χ3v) is 3.97. The molecule has 0 radical (unpaired) electrons. The number of aryl methyl sites for hydroxylation is 1. The van der Waals surface area contributed by atoms with Gasteiger partial charge >= 0.3 is 0 Å². The average Bonchev–Trinajstić information content (AvgIpc) is 2.31. The van der Waals surface area contributed by atoms with E-state index in [1.54, 1.807) is 0 Å². The van der Waals surface area contributed by atoms with Crippen LogP contribution in [-0.2, 0) is 5.41 Å². The molecule has 2 nitrogen and oxygen atoms in total. The van der Waals surface area contributed by atoms with E-state index in [4.69, 9.17) is 0 Å². The maximum atomic E-state index is 10.3. The molecule has 18 heavy (non-hydrogen) atoms. The first-order valence-corrected chi connectivity index (χ1v) is 6.94. The molecular weight excluding hydrogens is 222 g/mol. The molecule has 2 N–H and O–H groups in total. The summed E-state index contributed by atoms with van der Waals surface area (Å²) in [6.45, 7) is 10.8. The molecule has 1 aromatic rings. The normalized spacial score (nSPS) is 18.0. The molecule has 0 atom stereocenters. The first kappa shape index (κ1) is 13.4. The number of rotatable bonds is 1. The fourth-order valence-corrected chi connectivity index (χ4v) is 2.89. The van der Waals surface area contributed by atoms with Crippen LogP contribution < -0.4 is 5.32 Å². The van der Waals surface area contributed by atoms with Crippen molar-refractivity contribution in [2.24, 2.45) is 0 Å². The monoisotopic (exact) mass is 247 g/mol. The molecule has 0 bridgehead atoms. The van der Waals surface area contributed by atoms with E-state index in [2.05, 4.69) is 39.1 Å². The van der Waals surface area contributed by atoms with E-state index in [0.717, 1.165) is 18.7 Å². The lowest BCUT2D eigenvalue weighted by Crippen LogP contribution is -2.27. The highest BCUT2D eigenvalue weighted by Gasteiger charge is 2.23. The van der Waals surface area contributed by atoms with E-state index < -0.39 is 0 Å². The minimum atomic E-state index is 0.00148. The van der Waals surface area contributed by atoms with Gasteiger partial charge in [0.05, 0.1) is 0 Å². The highest BCUT2D eigenvalue weighted by atomic mass is 16.3. The van der Waals surface area contributed by atoms with Crippen LogP contribution in [0.15, 0.2) is 12.1 Å². The SMILES string of the molecule is Cc1cc(C(C)(C)C)c(O)cc1C1CCNCC1. The van der Waals surface area contributed by atoms with Crippen LogP contribution in [-0.4, -0.2) is 18.2 Å². The summed E-state index contributed by atoms with van der Waals surface area (Å²) >= 11 is 0. The van der Waals surface area contributed by atoms with Gasteiger partial charge in [-0.05, 0) is 66.9 Å². The van der Waals surface area contributed by atoms with Crippen LogP contribution in [0, 0.1) is 6.92 Å². The Bertz CT molecular complexity index is 425. The Morgan fingerprint density at radius 2 is 1.78 bits per heavy atom. The van der Waals surface area contributed by atoms with Gasteiger partial charge in [0.25, 0.3) is 0 Å². The predicted molar refractivity (Wildman–Crippen MR) is 76.4 cm³/mol. The summed E-state index contributed by atoms with van der Waals surface area (Å²) in [7, 11) is 0. The predicted octanol–water partition coefficient (Wildman–Crippen LogP) is 3.47. The maximum Gasteiger partial charge on any atom is 0.119 e. The average molecular weight is 247 g/mol. The van der Waals surface area contributed by atoms with Gasteiger partial charge in [0.2, 0.25) is 0 Å². The molecule has 1 heterocycles. The number of aromatic hydroxyl groups is 1. The van der Waals surface area contributed by atoms with Gasteiger partial charge in [0, 0.05) is 0 Å². The van der Waals surface area contributed by atoms with Crippen LogP contribution in [0.2, 0.25) is 0 Å². The van der Waals surface area contributed by atoms with Crippen molar-refractivity contribution in [1.82, 2.24) is 5.32 Å². The van der Waals surface area contributed by atoms with Crippen LogP contribution >= 0.6 is 0 Å². The summed E-state index contributed by atoms with van der Waals surface area (Å²) in [4.78, 5) is 0. The molecule has 1 aliphatic rings. The number of benzene rings is 1. The quantitative estimate of drug-likeness (QED) is 0.796. The van der Waals surface area contributed by atoms with Gasteiger partial charge in [-0.15, -0.1) is 0 Å². The van der Waals surface area contributed by atoms with Crippen molar-refractivity contribution < 1.29 is 5.11 Å². The molecule has 2 rings (SSSR count). The van der Waals surface area contributed by atoms with Crippen molar-refractivity contribution in [3.63, 3.8) is 0 Å². The summed E-state index contributed by atoms with van der Waals surface area (Å²) in [5, 5.41) is 13.7. The van der Waals surface area contributed by atoms with E-state index in [0.29, 0.717) is 11.7 Å². The Labute approximate surface area is 110 Å². The third kappa shape index (κ3) is 2.69. The Balaban J connectivity index is 2.36. The number of nitrogens with one attached hydrogen (secondary N) is 1. The minimum Gasteiger partial charge on any atom is -0.508 e. The third-order valence-electron chi connectivity index (χ3n) is 3.97. The van der Waals surface area contributed by atoms with Crippen molar-refractivity contribution in [2.75, 3.05) is 13.1 Å². The first-order chi connectivity index (χ1) is 8.39. The molecule has 1 aliphatic heterocycles. The molecule has 1 saturated heterocycles. The highest BCUT2D eigenvalue weighted by Crippen LogP contribution is 2.37. The van der Waals surface area contributed by atoms with E-state index in [1.807, 2.05) is 6.07 Å². The lowest BCUT2D eigenvalue weighted by molar-refractivity contribution is 0.435. The Hall–Kier alpha value is -1.02. The second-order valence-corrected chi connectivity index (χ2v) is 6.50. The molecule has 0 aromatic heterocycles. The smallest absolute Gasteiger partial charge is 0.119 e. The molecule has 0 unspecified atom stereocenters. The topological polar surface area (TPSA) is 32.3 Å². The molecule has 0 amide bonds. The van der Waals surface area contributed by atoms with E-state index in [9.17, 15) is 5.11 Å². The molecule has 1 fully saturated rings. The zero-order valence-electron chi connectivity index (χ0n) is 12.0. The number of hydrogen-bond donors (Lipinski definition) is 2. The van der Waals surface area contributed by atoms with Gasteiger partial charge in [-0.3, -0.25) is 0 Å². The van der Waals surface area contributed by atoms with Crippen LogP contribution in [0.5, 0.6) is 5.75 Å². The Kier molecular flexibility index (Phi) is 3.67. The molecule has 0 spiro atoms. The molecule has 2 heteroatoms. The van der Waals surface area contributed by atoms with E-state index in [-0.39, 0.29) is 5.41 Å². The summed E-state index contributed by atoms with van der Waals surface area (Å²) < 4.78 is 0. The minimum absolute atomic E-state index is 0.00148. The fraction of sp³-hybridized carbons (Fsp3) is 0.625. The van der Waals surface area contributed by atoms with Crippen LogP contribution in [0.4, 0.5) is 0 Å². The summed E-state index contributed by atoms with van der Waals surface area (Å²) in [6, 6.07) is 4.18. The van der Waals surface area contributed by atoms with Crippen molar-refractivity contribution >= 4 is 0 Å². The molecular formula is C16H25NO. The standard InChI is InChI=1S/C16H25NO/c1-11-9-14(16(2,3)4)15(18)10-13(11)12-5-7-17-8-6-12/h9-10,12,17-18H,5-8H2,1-4H3. The van der Waals surface area contributed by atoms with Crippen molar-refractivity contribution in [2.45, 2.75) is 51.9 Å². The van der Waals surface area contributed by atoms with Crippen molar-refractivity contribution in [3.8, 4) is 5.75 Å². The number of phenols is 1. The summed E-state index contributed by atoms with van der Waals surface area (Å²) in [6.07, 6.45) is 2.35.